The Balaban J connectivity index is 2.64. The van der Waals surface area contributed by atoms with Gasteiger partial charge in [0.1, 0.15) is 0 Å². The van der Waals surface area contributed by atoms with Crippen LogP contribution in [0.3, 0.4) is 0 Å². The first-order valence-electron chi connectivity index (χ1n) is 7.03. The van der Waals surface area contributed by atoms with Crippen molar-refractivity contribution in [2.24, 2.45) is 0 Å². The minimum atomic E-state index is -0.859. The normalized spacial score (nSPS) is 13.9. The van der Waals surface area contributed by atoms with Gasteiger partial charge in [-0.05, 0) is 24.8 Å². The molecule has 20 heavy (non-hydrogen) atoms. The molecule has 4 nitrogen and oxygen atoms in total. The van der Waals surface area contributed by atoms with Crippen LogP contribution in [0.15, 0.2) is 30.3 Å². The summed E-state index contributed by atoms with van der Waals surface area (Å²) in [7, 11) is 1.65. The molecule has 1 atom stereocenters. The third-order valence-electron chi connectivity index (χ3n) is 3.65. The molecule has 0 aliphatic rings. The molecule has 0 saturated heterocycles. The van der Waals surface area contributed by atoms with Crippen molar-refractivity contribution in [2.45, 2.75) is 31.6 Å². The number of carboxylic acids is 1. The Morgan fingerprint density at radius 2 is 1.90 bits per heavy atom. The van der Waals surface area contributed by atoms with Crippen molar-refractivity contribution in [3.05, 3.63) is 35.9 Å². The third kappa shape index (κ3) is 4.32. The number of aliphatic carboxylic acids is 1. The van der Waals surface area contributed by atoms with Gasteiger partial charge in [0, 0.05) is 26.9 Å². The summed E-state index contributed by atoms with van der Waals surface area (Å²) in [5, 5.41) is 9.64. The van der Waals surface area contributed by atoms with Crippen molar-refractivity contribution in [1.82, 2.24) is 0 Å². The molecule has 0 heterocycles. The van der Waals surface area contributed by atoms with Gasteiger partial charge in [0.05, 0.1) is 5.41 Å². The van der Waals surface area contributed by atoms with E-state index in [0.29, 0.717) is 32.7 Å². The van der Waals surface area contributed by atoms with Gasteiger partial charge in [-0.25, -0.2) is 0 Å². The van der Waals surface area contributed by atoms with Crippen molar-refractivity contribution in [1.29, 1.82) is 0 Å². The zero-order valence-corrected chi connectivity index (χ0v) is 12.3. The molecule has 0 bridgehead atoms. The van der Waals surface area contributed by atoms with Gasteiger partial charge >= 0.3 is 5.97 Å². The average molecular weight is 280 g/mol. The van der Waals surface area contributed by atoms with Gasteiger partial charge in [-0.2, -0.15) is 0 Å². The summed E-state index contributed by atoms with van der Waals surface area (Å²) in [4.78, 5) is 11.7. The molecule has 0 aliphatic heterocycles. The van der Waals surface area contributed by atoms with Gasteiger partial charge in [0.15, 0.2) is 0 Å². The molecule has 4 heteroatoms. The predicted molar refractivity (Wildman–Crippen MR) is 78.0 cm³/mol. The van der Waals surface area contributed by atoms with Gasteiger partial charge in [-0.1, -0.05) is 37.3 Å². The van der Waals surface area contributed by atoms with E-state index in [1.165, 1.54) is 0 Å². The van der Waals surface area contributed by atoms with Crippen LogP contribution in [0, 0.1) is 0 Å². The molecule has 0 radical (unpaired) electrons. The van der Waals surface area contributed by atoms with Crippen molar-refractivity contribution in [3.63, 3.8) is 0 Å². The second-order valence-corrected chi connectivity index (χ2v) is 4.82. The summed E-state index contributed by atoms with van der Waals surface area (Å²) in [6.45, 7) is 3.61. The Morgan fingerprint density at radius 3 is 2.45 bits per heavy atom. The van der Waals surface area contributed by atoms with E-state index in [9.17, 15) is 9.90 Å². The van der Waals surface area contributed by atoms with E-state index >= 15 is 0 Å². The second-order valence-electron chi connectivity index (χ2n) is 4.82. The lowest BCUT2D eigenvalue weighted by Gasteiger charge is -2.28. The molecule has 1 aromatic rings. The Morgan fingerprint density at radius 1 is 1.20 bits per heavy atom. The Labute approximate surface area is 120 Å². The fourth-order valence-corrected chi connectivity index (χ4v) is 2.32. The number of methoxy groups -OCH3 is 1. The highest BCUT2D eigenvalue weighted by Gasteiger charge is 2.38. The van der Waals surface area contributed by atoms with E-state index in [4.69, 9.17) is 9.47 Å². The zero-order valence-electron chi connectivity index (χ0n) is 12.3. The highest BCUT2D eigenvalue weighted by molar-refractivity contribution is 5.81. The minimum Gasteiger partial charge on any atom is -0.481 e. The number of hydrogen-bond donors (Lipinski definition) is 1. The van der Waals surface area contributed by atoms with E-state index in [2.05, 4.69) is 0 Å². The fourth-order valence-electron chi connectivity index (χ4n) is 2.32. The Kier molecular flexibility index (Phi) is 7.26. The first-order chi connectivity index (χ1) is 9.67. The molecule has 0 fully saturated rings. The maximum Gasteiger partial charge on any atom is 0.314 e. The molecule has 0 aromatic heterocycles. The number of benzene rings is 1. The van der Waals surface area contributed by atoms with Crippen LogP contribution < -0.4 is 0 Å². The Bertz CT molecular complexity index is 391. The van der Waals surface area contributed by atoms with Gasteiger partial charge in [-0.15, -0.1) is 0 Å². The molecule has 1 aromatic carbocycles. The van der Waals surface area contributed by atoms with Crippen LogP contribution in [0.4, 0.5) is 0 Å². The third-order valence-corrected chi connectivity index (χ3v) is 3.65. The molecular weight excluding hydrogens is 256 g/mol. The van der Waals surface area contributed by atoms with Crippen LogP contribution in [0.5, 0.6) is 0 Å². The molecule has 0 aliphatic carbocycles. The molecule has 0 amide bonds. The van der Waals surface area contributed by atoms with Gasteiger partial charge in [0.25, 0.3) is 0 Å². The molecule has 1 rings (SSSR count). The van der Waals surface area contributed by atoms with Crippen LogP contribution in [0.25, 0.3) is 0 Å². The number of carboxylic acid groups (broad SMARTS) is 1. The smallest absolute Gasteiger partial charge is 0.314 e. The topological polar surface area (TPSA) is 55.8 Å². The van der Waals surface area contributed by atoms with Crippen LogP contribution in [-0.2, 0) is 19.7 Å². The molecule has 0 saturated carbocycles. The van der Waals surface area contributed by atoms with Crippen molar-refractivity contribution in [3.8, 4) is 0 Å². The van der Waals surface area contributed by atoms with Crippen molar-refractivity contribution >= 4 is 5.97 Å². The second kappa shape index (κ2) is 8.72. The summed E-state index contributed by atoms with van der Waals surface area (Å²) in [5.74, 6) is -0.785. The van der Waals surface area contributed by atoms with Crippen molar-refractivity contribution < 1.29 is 19.4 Å². The number of hydrogen-bond acceptors (Lipinski definition) is 3. The highest BCUT2D eigenvalue weighted by Crippen LogP contribution is 2.32. The van der Waals surface area contributed by atoms with Crippen LogP contribution >= 0.6 is 0 Å². The minimum absolute atomic E-state index is 0.443. The lowest BCUT2D eigenvalue weighted by atomic mass is 9.75. The first-order valence-corrected chi connectivity index (χ1v) is 7.03. The molecular formula is C16H24O4. The summed E-state index contributed by atoms with van der Waals surface area (Å²) >= 11 is 0. The lowest BCUT2D eigenvalue weighted by molar-refractivity contribution is -0.145. The monoisotopic (exact) mass is 280 g/mol. The van der Waals surface area contributed by atoms with E-state index in [-0.39, 0.29) is 0 Å². The summed E-state index contributed by atoms with van der Waals surface area (Å²) in [6.07, 6.45) is 1.86. The fraction of sp³-hybridized carbons (Fsp3) is 0.562. The number of carbonyl (C=O) groups is 1. The SMILES string of the molecule is CCC(CCOCCCOC)(C(=O)O)c1ccccc1. The molecule has 112 valence electrons. The van der Waals surface area contributed by atoms with Crippen LogP contribution in [-0.4, -0.2) is 38.0 Å². The van der Waals surface area contributed by atoms with Gasteiger partial charge in [0.2, 0.25) is 0 Å². The molecule has 1 unspecified atom stereocenters. The van der Waals surface area contributed by atoms with Crippen LogP contribution in [0.1, 0.15) is 31.7 Å². The van der Waals surface area contributed by atoms with E-state index < -0.39 is 11.4 Å². The summed E-state index contributed by atoms with van der Waals surface area (Å²) < 4.78 is 10.5. The summed E-state index contributed by atoms with van der Waals surface area (Å²) in [5.41, 5.74) is -0.0156. The molecule has 0 spiro atoms. The first kappa shape index (κ1) is 16.7. The van der Waals surface area contributed by atoms with E-state index in [0.717, 1.165) is 12.0 Å². The number of ether oxygens (including phenoxy) is 2. The summed E-state index contributed by atoms with van der Waals surface area (Å²) in [6, 6.07) is 9.41. The van der Waals surface area contributed by atoms with Gasteiger partial charge in [-0.3, -0.25) is 4.79 Å². The average Bonchev–Trinajstić information content (AvgIpc) is 2.47. The predicted octanol–water partition coefficient (Wildman–Crippen LogP) is 2.86. The Hall–Kier alpha value is -1.39. The quantitative estimate of drug-likeness (QED) is 0.670. The van der Waals surface area contributed by atoms with Gasteiger partial charge < -0.3 is 14.6 Å². The van der Waals surface area contributed by atoms with Crippen molar-refractivity contribution in [2.75, 3.05) is 26.9 Å². The largest absolute Gasteiger partial charge is 0.481 e. The maximum atomic E-state index is 11.7. The van der Waals surface area contributed by atoms with Crippen LogP contribution in [0.2, 0.25) is 0 Å². The lowest BCUT2D eigenvalue weighted by Crippen LogP contribution is -2.36. The standard InChI is InChI=1S/C16H24O4/c1-3-16(15(17)18,14-8-5-4-6-9-14)10-13-20-12-7-11-19-2/h4-6,8-9H,3,7,10-13H2,1-2H3,(H,17,18). The highest BCUT2D eigenvalue weighted by atomic mass is 16.5. The van der Waals surface area contributed by atoms with E-state index in [1.54, 1.807) is 7.11 Å². The zero-order chi connectivity index (χ0) is 14.8. The number of rotatable bonds is 10. The molecule has 1 N–H and O–H groups in total. The van der Waals surface area contributed by atoms with E-state index in [1.807, 2.05) is 37.3 Å². The maximum absolute atomic E-state index is 11.7.